The number of fused-ring (bicyclic) bond motifs is 3. The van der Waals surface area contributed by atoms with E-state index in [1.807, 2.05) is 42.5 Å². The Labute approximate surface area is 153 Å². The molecular formula is C23H20O3. The molecule has 3 heteroatoms. The number of methoxy groups -OCH3 is 2. The van der Waals surface area contributed by atoms with Crippen molar-refractivity contribution in [1.82, 2.24) is 0 Å². The van der Waals surface area contributed by atoms with Crippen LogP contribution in [-0.2, 0) is 19.7 Å². The highest BCUT2D eigenvalue weighted by Crippen LogP contribution is 2.50. The number of ether oxygens (including phenoxy) is 2. The smallest absolute Gasteiger partial charge is 0.323 e. The van der Waals surface area contributed by atoms with E-state index in [0.29, 0.717) is 0 Å². The van der Waals surface area contributed by atoms with Crippen molar-refractivity contribution in [2.24, 2.45) is 0 Å². The summed E-state index contributed by atoms with van der Waals surface area (Å²) in [6.07, 6.45) is 0. The number of esters is 1. The Morgan fingerprint density at radius 2 is 1.50 bits per heavy atom. The number of carbonyl (C=O) groups is 1. The molecule has 0 radical (unpaired) electrons. The van der Waals surface area contributed by atoms with Crippen LogP contribution in [0, 0.1) is 0 Å². The maximum absolute atomic E-state index is 12.9. The molecule has 3 aromatic carbocycles. The normalized spacial score (nSPS) is 17.5. The van der Waals surface area contributed by atoms with Gasteiger partial charge in [0.1, 0.15) is 5.41 Å². The van der Waals surface area contributed by atoms with Crippen LogP contribution in [0.5, 0.6) is 0 Å². The maximum atomic E-state index is 12.9. The molecular weight excluding hydrogens is 324 g/mol. The Morgan fingerprint density at radius 3 is 2.23 bits per heavy atom. The van der Waals surface area contributed by atoms with E-state index in [2.05, 4.69) is 30.3 Å². The molecule has 1 atom stereocenters. The number of rotatable bonds is 4. The van der Waals surface area contributed by atoms with Crippen LogP contribution in [0.15, 0.2) is 72.8 Å². The summed E-state index contributed by atoms with van der Waals surface area (Å²) < 4.78 is 10.7. The average Bonchev–Trinajstić information content (AvgIpc) is 2.99. The van der Waals surface area contributed by atoms with Crippen molar-refractivity contribution in [2.45, 2.75) is 5.41 Å². The van der Waals surface area contributed by atoms with Crippen LogP contribution in [0.25, 0.3) is 22.3 Å². The summed E-state index contributed by atoms with van der Waals surface area (Å²) in [6, 6.07) is 24.5. The van der Waals surface area contributed by atoms with Gasteiger partial charge < -0.3 is 9.47 Å². The molecule has 3 aromatic rings. The molecule has 26 heavy (non-hydrogen) atoms. The van der Waals surface area contributed by atoms with Gasteiger partial charge in [0.15, 0.2) is 0 Å². The van der Waals surface area contributed by atoms with E-state index in [0.717, 1.165) is 33.4 Å². The molecule has 0 heterocycles. The lowest BCUT2D eigenvalue weighted by Crippen LogP contribution is -2.40. The van der Waals surface area contributed by atoms with Gasteiger partial charge in [-0.2, -0.15) is 0 Å². The Hall–Kier alpha value is -2.91. The molecule has 0 aliphatic heterocycles. The fourth-order valence-electron chi connectivity index (χ4n) is 4.01. The first-order valence-electron chi connectivity index (χ1n) is 8.59. The first-order chi connectivity index (χ1) is 12.7. The molecule has 0 spiro atoms. The molecule has 1 unspecified atom stereocenters. The van der Waals surface area contributed by atoms with Crippen LogP contribution in [0.2, 0.25) is 0 Å². The van der Waals surface area contributed by atoms with Gasteiger partial charge in [0.25, 0.3) is 0 Å². The van der Waals surface area contributed by atoms with Crippen LogP contribution in [0.1, 0.15) is 11.1 Å². The fraction of sp³-hybridized carbons (Fsp3) is 0.174. The van der Waals surface area contributed by atoms with Crippen LogP contribution in [-0.4, -0.2) is 26.8 Å². The summed E-state index contributed by atoms with van der Waals surface area (Å²) in [5, 5.41) is 0. The van der Waals surface area contributed by atoms with Crippen molar-refractivity contribution < 1.29 is 14.3 Å². The van der Waals surface area contributed by atoms with Crippen LogP contribution in [0.4, 0.5) is 0 Å². The molecule has 0 bridgehead atoms. The van der Waals surface area contributed by atoms with Crippen molar-refractivity contribution in [3.05, 3.63) is 83.9 Å². The second kappa shape index (κ2) is 6.43. The quantitative estimate of drug-likeness (QED) is 0.657. The molecule has 0 aromatic heterocycles. The van der Waals surface area contributed by atoms with Gasteiger partial charge in [-0.15, -0.1) is 0 Å². The average molecular weight is 344 g/mol. The zero-order valence-electron chi connectivity index (χ0n) is 14.9. The number of carbonyl (C=O) groups excluding carboxylic acids is 1. The van der Waals surface area contributed by atoms with E-state index < -0.39 is 5.41 Å². The molecule has 130 valence electrons. The first-order valence-corrected chi connectivity index (χ1v) is 8.59. The van der Waals surface area contributed by atoms with Crippen molar-refractivity contribution >= 4 is 5.97 Å². The molecule has 0 N–H and O–H groups in total. The van der Waals surface area contributed by atoms with Gasteiger partial charge >= 0.3 is 5.97 Å². The van der Waals surface area contributed by atoms with E-state index in [1.165, 1.54) is 7.11 Å². The highest BCUT2D eigenvalue weighted by molar-refractivity contribution is 5.99. The minimum absolute atomic E-state index is 0.244. The van der Waals surface area contributed by atoms with Crippen molar-refractivity contribution in [2.75, 3.05) is 20.8 Å². The van der Waals surface area contributed by atoms with Gasteiger partial charge in [-0.3, -0.25) is 4.79 Å². The number of hydrogen-bond donors (Lipinski definition) is 0. The lowest BCUT2D eigenvalue weighted by molar-refractivity contribution is -0.147. The summed E-state index contributed by atoms with van der Waals surface area (Å²) >= 11 is 0. The lowest BCUT2D eigenvalue weighted by Gasteiger charge is -2.28. The van der Waals surface area contributed by atoms with Gasteiger partial charge in [0.2, 0.25) is 0 Å². The summed E-state index contributed by atoms with van der Waals surface area (Å²) in [7, 11) is 3.04. The zero-order chi connectivity index (χ0) is 18.1. The summed E-state index contributed by atoms with van der Waals surface area (Å²) in [5.41, 5.74) is 5.34. The highest BCUT2D eigenvalue weighted by atomic mass is 16.5. The fourth-order valence-corrected chi connectivity index (χ4v) is 4.01. The Morgan fingerprint density at radius 1 is 0.808 bits per heavy atom. The third-order valence-electron chi connectivity index (χ3n) is 5.16. The topological polar surface area (TPSA) is 35.5 Å². The molecule has 4 rings (SSSR count). The largest absolute Gasteiger partial charge is 0.468 e. The standard InChI is InChI=1S/C23H20O3/c1-25-15-23(22(24)26-2)20-11-7-6-10-18(20)19-14-17(12-13-21(19)23)16-8-4-3-5-9-16/h3-14H,15H2,1-2H3. The van der Waals surface area contributed by atoms with Crippen LogP contribution >= 0.6 is 0 Å². The SMILES string of the molecule is COCC1(C(=O)OC)c2ccccc2-c2cc(-c3ccccc3)ccc21. The molecule has 0 amide bonds. The van der Waals surface area contributed by atoms with Crippen molar-refractivity contribution in [3.8, 4) is 22.3 Å². The minimum atomic E-state index is -0.926. The number of benzene rings is 3. The van der Waals surface area contributed by atoms with Crippen LogP contribution in [0.3, 0.4) is 0 Å². The maximum Gasteiger partial charge on any atom is 0.323 e. The lowest BCUT2D eigenvalue weighted by atomic mass is 9.78. The molecule has 0 saturated carbocycles. The predicted octanol–water partition coefficient (Wildman–Crippen LogP) is 4.44. The Kier molecular flexibility index (Phi) is 4.09. The third-order valence-corrected chi connectivity index (χ3v) is 5.16. The van der Waals surface area contributed by atoms with Crippen molar-refractivity contribution in [1.29, 1.82) is 0 Å². The van der Waals surface area contributed by atoms with Gasteiger partial charge in [0.05, 0.1) is 13.7 Å². The molecule has 3 nitrogen and oxygen atoms in total. The zero-order valence-corrected chi connectivity index (χ0v) is 14.9. The molecule has 0 saturated heterocycles. The first kappa shape index (κ1) is 16.6. The number of hydrogen-bond acceptors (Lipinski definition) is 3. The molecule has 1 aliphatic carbocycles. The van der Waals surface area contributed by atoms with Crippen molar-refractivity contribution in [3.63, 3.8) is 0 Å². The van der Waals surface area contributed by atoms with Gasteiger partial charge in [0, 0.05) is 7.11 Å². The van der Waals surface area contributed by atoms with E-state index in [9.17, 15) is 4.79 Å². The second-order valence-electron chi connectivity index (χ2n) is 6.50. The Bertz CT molecular complexity index is 962. The van der Waals surface area contributed by atoms with E-state index in [1.54, 1.807) is 7.11 Å². The monoisotopic (exact) mass is 344 g/mol. The molecule has 1 aliphatic rings. The highest BCUT2D eigenvalue weighted by Gasteiger charge is 2.50. The van der Waals surface area contributed by atoms with E-state index in [-0.39, 0.29) is 12.6 Å². The second-order valence-corrected chi connectivity index (χ2v) is 6.50. The van der Waals surface area contributed by atoms with Crippen LogP contribution < -0.4 is 0 Å². The predicted molar refractivity (Wildman–Crippen MR) is 102 cm³/mol. The van der Waals surface area contributed by atoms with E-state index in [4.69, 9.17) is 9.47 Å². The third kappa shape index (κ3) is 2.28. The summed E-state index contributed by atoms with van der Waals surface area (Å²) in [4.78, 5) is 12.9. The van der Waals surface area contributed by atoms with E-state index >= 15 is 0 Å². The van der Waals surface area contributed by atoms with Gasteiger partial charge in [-0.05, 0) is 39.4 Å². The van der Waals surface area contributed by atoms with Gasteiger partial charge in [-0.1, -0.05) is 66.7 Å². The summed E-state index contributed by atoms with van der Waals surface area (Å²) in [5.74, 6) is -0.294. The summed E-state index contributed by atoms with van der Waals surface area (Å²) in [6.45, 7) is 0.244. The molecule has 0 fully saturated rings. The Balaban J connectivity index is 1.99. The van der Waals surface area contributed by atoms with Gasteiger partial charge in [-0.25, -0.2) is 0 Å². The minimum Gasteiger partial charge on any atom is -0.468 e.